The second kappa shape index (κ2) is 9.67. The monoisotopic (exact) mass is 470 g/mol. The van der Waals surface area contributed by atoms with Crippen LogP contribution in [0.1, 0.15) is 21.5 Å². The zero-order valence-corrected chi connectivity index (χ0v) is 17.1. The molecule has 3 aromatic rings. The van der Waals surface area contributed by atoms with E-state index in [1.807, 2.05) is 0 Å². The molecule has 0 spiro atoms. The number of hydrogen-bond acceptors (Lipinski definition) is 5. The van der Waals surface area contributed by atoms with Crippen molar-refractivity contribution in [2.75, 3.05) is 5.32 Å². The third kappa shape index (κ3) is 5.64. The maximum Gasteiger partial charge on any atom is 0.320 e. The minimum absolute atomic E-state index is 0.00173. The van der Waals surface area contributed by atoms with Gasteiger partial charge in [-0.05, 0) is 41.4 Å². The highest BCUT2D eigenvalue weighted by Gasteiger charge is 2.22. The molecule has 0 aliphatic rings. The van der Waals surface area contributed by atoms with Gasteiger partial charge < -0.3 is 15.8 Å². The molecule has 3 amide bonds. The number of nitrogens with zero attached hydrogens (tertiary/aromatic N) is 1. The summed E-state index contributed by atoms with van der Waals surface area (Å²) < 4.78 is 49.4. The van der Waals surface area contributed by atoms with Crippen molar-refractivity contribution in [3.05, 3.63) is 75.6 Å². The molecular weight excluding hydrogens is 457 g/mol. The minimum Gasteiger partial charge on any atom is -0.471 e. The van der Waals surface area contributed by atoms with E-state index in [0.29, 0.717) is 5.56 Å². The standard InChI is InChI=1S/C19H14ClF3N4O3S/c20-11-3-2-10(13(22)6-11)8-30-17-15(16(24)28)18(31-27-17)26-19(29)25-7-9-1-4-12(21)14(23)5-9/h1-6H,7-8H2,(H2,24,28)(H2,25,26,29). The number of rotatable bonds is 7. The summed E-state index contributed by atoms with van der Waals surface area (Å²) in [5.41, 5.74) is 5.66. The van der Waals surface area contributed by atoms with Gasteiger partial charge in [0.05, 0.1) is 0 Å². The topological polar surface area (TPSA) is 106 Å². The van der Waals surface area contributed by atoms with Crippen molar-refractivity contribution in [3.8, 4) is 5.88 Å². The first kappa shape index (κ1) is 22.4. The van der Waals surface area contributed by atoms with Crippen molar-refractivity contribution < 1.29 is 27.5 Å². The average molecular weight is 471 g/mol. The molecular formula is C19H14ClF3N4O3S. The van der Waals surface area contributed by atoms with E-state index in [1.165, 1.54) is 18.2 Å². The van der Waals surface area contributed by atoms with E-state index < -0.39 is 29.4 Å². The lowest BCUT2D eigenvalue weighted by molar-refractivity contribution is 0.0996. The second-order valence-corrected chi connectivity index (χ2v) is 7.35. The molecule has 4 N–H and O–H groups in total. The van der Waals surface area contributed by atoms with E-state index in [2.05, 4.69) is 15.0 Å². The average Bonchev–Trinajstić information content (AvgIpc) is 3.11. The van der Waals surface area contributed by atoms with Crippen LogP contribution in [0.3, 0.4) is 0 Å². The number of amides is 3. The molecule has 1 heterocycles. The van der Waals surface area contributed by atoms with E-state index in [0.717, 1.165) is 29.7 Å². The van der Waals surface area contributed by atoms with Crippen molar-refractivity contribution >= 4 is 40.1 Å². The Bertz CT molecular complexity index is 1140. The minimum atomic E-state index is -1.04. The lowest BCUT2D eigenvalue weighted by atomic mass is 10.2. The third-order valence-electron chi connectivity index (χ3n) is 3.95. The second-order valence-electron chi connectivity index (χ2n) is 6.14. The lowest BCUT2D eigenvalue weighted by Gasteiger charge is -2.08. The van der Waals surface area contributed by atoms with Gasteiger partial charge in [-0.15, -0.1) is 0 Å². The fourth-order valence-electron chi connectivity index (χ4n) is 2.44. The van der Waals surface area contributed by atoms with Crippen molar-refractivity contribution in [1.82, 2.24) is 9.69 Å². The van der Waals surface area contributed by atoms with Crippen LogP contribution in [0.25, 0.3) is 0 Å². The van der Waals surface area contributed by atoms with E-state index in [-0.39, 0.29) is 40.2 Å². The summed E-state index contributed by atoms with van der Waals surface area (Å²) in [7, 11) is 0. The quantitative estimate of drug-likeness (QED) is 0.480. The van der Waals surface area contributed by atoms with Crippen molar-refractivity contribution in [3.63, 3.8) is 0 Å². The predicted molar refractivity (Wildman–Crippen MR) is 109 cm³/mol. The molecule has 0 unspecified atom stereocenters. The molecule has 3 rings (SSSR count). The summed E-state index contributed by atoms with van der Waals surface area (Å²) in [5.74, 6) is -3.75. The number of carbonyl (C=O) groups excluding carboxylic acids is 2. The summed E-state index contributed by atoms with van der Waals surface area (Å²) in [5, 5.41) is 5.03. The number of urea groups is 1. The van der Waals surface area contributed by atoms with Gasteiger partial charge in [0, 0.05) is 17.1 Å². The number of nitrogens with one attached hydrogen (secondary N) is 2. The smallest absolute Gasteiger partial charge is 0.320 e. The molecule has 0 bridgehead atoms. The molecule has 12 heteroatoms. The molecule has 0 aliphatic heterocycles. The first-order valence-corrected chi connectivity index (χ1v) is 9.74. The van der Waals surface area contributed by atoms with Crippen LogP contribution in [0, 0.1) is 17.5 Å². The Morgan fingerprint density at radius 2 is 1.87 bits per heavy atom. The third-order valence-corrected chi connectivity index (χ3v) is 4.93. The molecule has 0 fully saturated rings. The van der Waals surface area contributed by atoms with Crippen LogP contribution in [0.4, 0.5) is 23.0 Å². The van der Waals surface area contributed by atoms with Gasteiger partial charge in [0.15, 0.2) is 11.6 Å². The van der Waals surface area contributed by atoms with Gasteiger partial charge >= 0.3 is 6.03 Å². The van der Waals surface area contributed by atoms with Gasteiger partial charge in [0.2, 0.25) is 5.88 Å². The van der Waals surface area contributed by atoms with E-state index >= 15 is 0 Å². The number of nitrogens with two attached hydrogens (primary N) is 1. The Labute approximate surface area is 183 Å². The van der Waals surface area contributed by atoms with Crippen LogP contribution in [-0.2, 0) is 13.2 Å². The van der Waals surface area contributed by atoms with E-state index in [9.17, 15) is 22.8 Å². The highest BCUT2D eigenvalue weighted by Crippen LogP contribution is 2.31. The van der Waals surface area contributed by atoms with Crippen molar-refractivity contribution in [1.29, 1.82) is 0 Å². The zero-order valence-electron chi connectivity index (χ0n) is 15.5. The molecule has 0 radical (unpaired) electrons. The first-order valence-electron chi connectivity index (χ1n) is 8.59. The maximum absolute atomic E-state index is 13.9. The summed E-state index contributed by atoms with van der Waals surface area (Å²) in [4.78, 5) is 23.9. The largest absolute Gasteiger partial charge is 0.471 e. The molecule has 0 saturated heterocycles. The number of aromatic nitrogens is 1. The Balaban J connectivity index is 1.65. The van der Waals surface area contributed by atoms with Crippen LogP contribution in [0.5, 0.6) is 5.88 Å². The molecule has 162 valence electrons. The molecule has 0 saturated carbocycles. The van der Waals surface area contributed by atoms with Crippen LogP contribution < -0.4 is 21.1 Å². The van der Waals surface area contributed by atoms with Crippen LogP contribution in [0.15, 0.2) is 36.4 Å². The predicted octanol–water partition coefficient (Wildman–Crippen LogP) is 4.21. The van der Waals surface area contributed by atoms with Gasteiger partial charge in [0.25, 0.3) is 5.91 Å². The van der Waals surface area contributed by atoms with Gasteiger partial charge in [-0.1, -0.05) is 23.7 Å². The van der Waals surface area contributed by atoms with Gasteiger partial charge in [-0.25, -0.2) is 18.0 Å². The first-order chi connectivity index (χ1) is 14.7. The summed E-state index contributed by atoms with van der Waals surface area (Å²) >= 11 is 6.43. The number of benzene rings is 2. The van der Waals surface area contributed by atoms with E-state index in [1.54, 1.807) is 0 Å². The molecule has 31 heavy (non-hydrogen) atoms. The molecule has 7 nitrogen and oxygen atoms in total. The van der Waals surface area contributed by atoms with Crippen LogP contribution in [-0.4, -0.2) is 16.3 Å². The molecule has 0 atom stereocenters. The molecule has 1 aromatic heterocycles. The lowest BCUT2D eigenvalue weighted by Crippen LogP contribution is -2.29. The van der Waals surface area contributed by atoms with Gasteiger partial charge in [0.1, 0.15) is 23.0 Å². The molecule has 0 aliphatic carbocycles. The maximum atomic E-state index is 13.9. The summed E-state index contributed by atoms with van der Waals surface area (Å²) in [6.07, 6.45) is 0. The van der Waals surface area contributed by atoms with Crippen molar-refractivity contribution in [2.24, 2.45) is 5.73 Å². The SMILES string of the molecule is NC(=O)c1c(OCc2ccc(Cl)cc2F)nsc1NC(=O)NCc1ccc(F)c(F)c1. The van der Waals surface area contributed by atoms with Gasteiger partial charge in [-0.2, -0.15) is 4.37 Å². The van der Waals surface area contributed by atoms with Crippen LogP contribution >= 0.6 is 23.1 Å². The fraction of sp³-hybridized carbons (Fsp3) is 0.105. The normalized spacial score (nSPS) is 10.6. The molecule has 2 aromatic carbocycles. The highest BCUT2D eigenvalue weighted by atomic mass is 35.5. The van der Waals surface area contributed by atoms with E-state index in [4.69, 9.17) is 22.1 Å². The Kier molecular flexibility index (Phi) is 6.98. The summed E-state index contributed by atoms with van der Waals surface area (Å²) in [6, 6.07) is 6.45. The summed E-state index contributed by atoms with van der Waals surface area (Å²) in [6.45, 7) is -0.359. The number of anilines is 1. The fourth-order valence-corrected chi connectivity index (χ4v) is 3.34. The van der Waals surface area contributed by atoms with Crippen LogP contribution in [0.2, 0.25) is 5.02 Å². The number of carbonyl (C=O) groups is 2. The number of primary amides is 1. The number of halogens is 4. The number of ether oxygens (including phenoxy) is 1. The highest BCUT2D eigenvalue weighted by molar-refractivity contribution is 7.11. The van der Waals surface area contributed by atoms with Gasteiger partial charge in [-0.3, -0.25) is 10.1 Å². The zero-order chi connectivity index (χ0) is 22.5. The number of hydrogen-bond donors (Lipinski definition) is 3. The van der Waals surface area contributed by atoms with Crippen molar-refractivity contribution in [2.45, 2.75) is 13.2 Å². The Hall–Kier alpha value is -3.31. The Morgan fingerprint density at radius 3 is 2.55 bits per heavy atom. The Morgan fingerprint density at radius 1 is 1.10 bits per heavy atom.